The Kier molecular flexibility index (Phi) is 2.49. The van der Waals surface area contributed by atoms with Crippen molar-refractivity contribution >= 4 is 8.07 Å². The maximum Gasteiger partial charge on any atom is 0.147 e. The van der Waals surface area contributed by atoms with Crippen LogP contribution in [0, 0.1) is 0 Å². The number of hydrogen-bond acceptors (Lipinski definition) is 2. The second-order valence-electron chi connectivity index (χ2n) is 4.04. The zero-order valence-corrected chi connectivity index (χ0v) is 8.02. The molecule has 0 amide bonds. The van der Waals surface area contributed by atoms with E-state index in [1.54, 1.807) is 0 Å². The SMILES string of the molecule is C[Si](C)(C)CC1COCO1. The van der Waals surface area contributed by atoms with Crippen molar-refractivity contribution < 1.29 is 9.47 Å². The predicted octanol–water partition coefficient (Wildman–Crippen LogP) is 1.70. The molecule has 1 unspecified atom stereocenters. The lowest BCUT2D eigenvalue weighted by atomic mass is 10.4. The Hall–Kier alpha value is 0.137. The van der Waals surface area contributed by atoms with Crippen LogP contribution in [-0.2, 0) is 9.47 Å². The van der Waals surface area contributed by atoms with Gasteiger partial charge in [-0.15, -0.1) is 0 Å². The first-order valence-electron chi connectivity index (χ1n) is 3.77. The molecule has 0 radical (unpaired) electrons. The monoisotopic (exact) mass is 160 g/mol. The van der Waals surface area contributed by atoms with Crippen molar-refractivity contribution in [3.8, 4) is 0 Å². The van der Waals surface area contributed by atoms with Crippen LogP contribution in [0.5, 0.6) is 0 Å². The lowest BCUT2D eigenvalue weighted by molar-refractivity contribution is 0.0511. The first kappa shape index (κ1) is 8.24. The minimum Gasteiger partial charge on any atom is -0.353 e. The fraction of sp³-hybridized carbons (Fsp3) is 1.00. The summed E-state index contributed by atoms with van der Waals surface area (Å²) in [6, 6.07) is 1.23. The van der Waals surface area contributed by atoms with Crippen molar-refractivity contribution in [1.29, 1.82) is 0 Å². The molecular formula is C7H16O2Si. The molecule has 1 aliphatic rings. The van der Waals surface area contributed by atoms with Gasteiger partial charge in [0.1, 0.15) is 6.79 Å². The van der Waals surface area contributed by atoms with E-state index in [4.69, 9.17) is 9.47 Å². The predicted molar refractivity (Wildman–Crippen MR) is 43.8 cm³/mol. The summed E-state index contributed by atoms with van der Waals surface area (Å²) >= 11 is 0. The first-order valence-corrected chi connectivity index (χ1v) is 7.48. The van der Waals surface area contributed by atoms with E-state index in [1.165, 1.54) is 6.04 Å². The Morgan fingerprint density at radius 3 is 2.50 bits per heavy atom. The number of rotatable bonds is 2. The second-order valence-corrected chi connectivity index (χ2v) is 9.57. The van der Waals surface area contributed by atoms with Gasteiger partial charge in [-0.2, -0.15) is 0 Å². The zero-order chi connectivity index (χ0) is 7.61. The van der Waals surface area contributed by atoms with Crippen molar-refractivity contribution in [3.05, 3.63) is 0 Å². The molecular weight excluding hydrogens is 144 g/mol. The highest BCUT2D eigenvalue weighted by Gasteiger charge is 2.24. The Morgan fingerprint density at radius 2 is 2.10 bits per heavy atom. The smallest absolute Gasteiger partial charge is 0.147 e. The van der Waals surface area contributed by atoms with Gasteiger partial charge in [0.25, 0.3) is 0 Å². The third-order valence-corrected chi connectivity index (χ3v) is 3.21. The molecule has 1 fully saturated rings. The van der Waals surface area contributed by atoms with Gasteiger partial charge in [0.2, 0.25) is 0 Å². The van der Waals surface area contributed by atoms with Crippen molar-refractivity contribution in [2.24, 2.45) is 0 Å². The maximum absolute atomic E-state index is 5.34. The lowest BCUT2D eigenvalue weighted by Gasteiger charge is -2.18. The van der Waals surface area contributed by atoms with Gasteiger partial charge in [-0.05, 0) is 6.04 Å². The van der Waals surface area contributed by atoms with Crippen LogP contribution in [0.2, 0.25) is 25.7 Å². The van der Waals surface area contributed by atoms with Crippen molar-refractivity contribution in [1.82, 2.24) is 0 Å². The molecule has 1 atom stereocenters. The summed E-state index contributed by atoms with van der Waals surface area (Å²) in [7, 11) is -0.927. The summed E-state index contributed by atoms with van der Waals surface area (Å²) in [6.45, 7) is 8.39. The molecule has 0 spiro atoms. The minimum absolute atomic E-state index is 0.395. The molecule has 0 aromatic rings. The van der Waals surface area contributed by atoms with Crippen LogP contribution in [0.1, 0.15) is 0 Å². The fourth-order valence-electron chi connectivity index (χ4n) is 1.17. The van der Waals surface area contributed by atoms with Crippen LogP contribution >= 0.6 is 0 Å². The first-order chi connectivity index (χ1) is 4.58. The molecule has 0 saturated carbocycles. The van der Waals surface area contributed by atoms with Gasteiger partial charge in [0.05, 0.1) is 12.7 Å². The van der Waals surface area contributed by atoms with Crippen molar-refractivity contribution in [2.45, 2.75) is 31.8 Å². The Bertz CT molecular complexity index is 103. The molecule has 60 valence electrons. The van der Waals surface area contributed by atoms with Crippen LogP contribution in [0.25, 0.3) is 0 Å². The number of hydrogen-bond donors (Lipinski definition) is 0. The second kappa shape index (κ2) is 3.03. The maximum atomic E-state index is 5.34. The molecule has 3 heteroatoms. The van der Waals surface area contributed by atoms with E-state index in [-0.39, 0.29) is 0 Å². The average Bonchev–Trinajstić information content (AvgIpc) is 2.12. The highest BCUT2D eigenvalue weighted by Crippen LogP contribution is 2.17. The molecule has 1 rings (SSSR count). The van der Waals surface area contributed by atoms with Crippen molar-refractivity contribution in [2.75, 3.05) is 13.4 Å². The highest BCUT2D eigenvalue weighted by molar-refractivity contribution is 6.76. The molecule has 1 aliphatic heterocycles. The molecule has 0 N–H and O–H groups in total. The van der Waals surface area contributed by atoms with Gasteiger partial charge in [-0.1, -0.05) is 19.6 Å². The minimum atomic E-state index is -0.927. The van der Waals surface area contributed by atoms with Crippen LogP contribution in [0.3, 0.4) is 0 Å². The Morgan fingerprint density at radius 1 is 1.40 bits per heavy atom. The molecule has 1 heterocycles. The van der Waals surface area contributed by atoms with E-state index >= 15 is 0 Å². The lowest BCUT2D eigenvalue weighted by Crippen LogP contribution is -2.27. The van der Waals surface area contributed by atoms with Gasteiger partial charge in [-0.3, -0.25) is 0 Å². The molecule has 0 aromatic heterocycles. The fourth-order valence-corrected chi connectivity index (χ4v) is 2.77. The molecule has 1 saturated heterocycles. The highest BCUT2D eigenvalue weighted by atomic mass is 28.3. The van der Waals surface area contributed by atoms with E-state index in [9.17, 15) is 0 Å². The summed E-state index contributed by atoms with van der Waals surface area (Å²) in [5.74, 6) is 0. The topological polar surface area (TPSA) is 18.5 Å². The quantitative estimate of drug-likeness (QED) is 0.572. The Labute approximate surface area is 63.5 Å². The van der Waals surface area contributed by atoms with Gasteiger partial charge in [0, 0.05) is 8.07 Å². The summed E-state index contributed by atoms with van der Waals surface area (Å²) in [5, 5.41) is 0. The normalized spacial score (nSPS) is 27.3. The van der Waals surface area contributed by atoms with Crippen LogP contribution in [0.15, 0.2) is 0 Å². The Balaban J connectivity index is 2.24. The van der Waals surface area contributed by atoms with Gasteiger partial charge in [0.15, 0.2) is 0 Å². The van der Waals surface area contributed by atoms with Crippen molar-refractivity contribution in [3.63, 3.8) is 0 Å². The zero-order valence-electron chi connectivity index (χ0n) is 7.02. The third-order valence-electron chi connectivity index (χ3n) is 1.53. The van der Waals surface area contributed by atoms with Gasteiger partial charge in [-0.25, -0.2) is 0 Å². The molecule has 0 aliphatic carbocycles. The van der Waals surface area contributed by atoms with E-state index in [2.05, 4.69) is 19.6 Å². The standard InChI is InChI=1S/C7H16O2Si/c1-10(2,3)5-7-4-8-6-9-7/h7H,4-6H2,1-3H3. The van der Waals surface area contributed by atoms with E-state index in [0.29, 0.717) is 12.9 Å². The summed E-state index contributed by atoms with van der Waals surface area (Å²) in [4.78, 5) is 0. The average molecular weight is 160 g/mol. The van der Waals surface area contributed by atoms with Crippen LogP contribution < -0.4 is 0 Å². The molecule has 10 heavy (non-hydrogen) atoms. The summed E-state index contributed by atoms with van der Waals surface area (Å²) in [5.41, 5.74) is 0. The third kappa shape index (κ3) is 2.81. The van der Waals surface area contributed by atoms with E-state index in [1.807, 2.05) is 0 Å². The van der Waals surface area contributed by atoms with E-state index < -0.39 is 8.07 Å². The molecule has 0 aromatic carbocycles. The summed E-state index contributed by atoms with van der Waals surface area (Å²) < 4.78 is 10.4. The van der Waals surface area contributed by atoms with Gasteiger partial charge >= 0.3 is 0 Å². The largest absolute Gasteiger partial charge is 0.353 e. The molecule has 0 bridgehead atoms. The van der Waals surface area contributed by atoms with Crippen LogP contribution in [-0.4, -0.2) is 27.6 Å². The number of ether oxygens (including phenoxy) is 2. The van der Waals surface area contributed by atoms with Gasteiger partial charge < -0.3 is 9.47 Å². The van der Waals surface area contributed by atoms with Crippen LogP contribution in [0.4, 0.5) is 0 Å². The summed E-state index contributed by atoms with van der Waals surface area (Å²) in [6.07, 6.45) is 0.395. The van der Waals surface area contributed by atoms with E-state index in [0.717, 1.165) is 6.61 Å². The molecule has 2 nitrogen and oxygen atoms in total.